The molecule has 0 amide bonds. The largest absolute Gasteiger partial charge is 0.366 e. The van der Waals surface area contributed by atoms with Crippen LogP contribution in [-0.4, -0.2) is 39.4 Å². The molecule has 0 radical (unpaired) electrons. The summed E-state index contributed by atoms with van der Waals surface area (Å²) < 4.78 is 0. The summed E-state index contributed by atoms with van der Waals surface area (Å²) in [4.78, 5) is 7.21. The van der Waals surface area contributed by atoms with Crippen LogP contribution in [0.3, 0.4) is 0 Å². The number of nitrogens with two attached hydrogens (primary N) is 1. The first-order valence-electron chi connectivity index (χ1n) is 7.20. The van der Waals surface area contributed by atoms with Crippen LogP contribution in [0.5, 0.6) is 0 Å². The third kappa shape index (κ3) is 1.77. The van der Waals surface area contributed by atoms with Crippen molar-refractivity contribution in [3.05, 3.63) is 18.2 Å². The van der Waals surface area contributed by atoms with Crippen LogP contribution in [0.4, 0.5) is 17.1 Å². The van der Waals surface area contributed by atoms with Crippen molar-refractivity contribution in [2.24, 2.45) is 5.73 Å². The van der Waals surface area contributed by atoms with Gasteiger partial charge in [0.05, 0.1) is 23.2 Å². The molecule has 104 valence electrons. The van der Waals surface area contributed by atoms with E-state index in [0.29, 0.717) is 12.2 Å². The molecular formula is C15H24N4. The van der Waals surface area contributed by atoms with Crippen molar-refractivity contribution < 1.29 is 0 Å². The van der Waals surface area contributed by atoms with Gasteiger partial charge in [-0.25, -0.2) is 0 Å². The summed E-state index contributed by atoms with van der Waals surface area (Å²) in [5, 5.41) is 0. The molecule has 1 aromatic rings. The van der Waals surface area contributed by atoms with Gasteiger partial charge in [0.25, 0.3) is 0 Å². The first kappa shape index (κ1) is 12.6. The lowest BCUT2D eigenvalue weighted by atomic mass is 10.1. The van der Waals surface area contributed by atoms with E-state index < -0.39 is 0 Å². The van der Waals surface area contributed by atoms with Gasteiger partial charge in [-0.2, -0.15) is 0 Å². The second-order valence-electron chi connectivity index (χ2n) is 5.72. The maximum Gasteiger partial charge on any atom is 0.0983 e. The molecule has 2 aliphatic rings. The zero-order valence-corrected chi connectivity index (χ0v) is 12.1. The second kappa shape index (κ2) is 4.60. The van der Waals surface area contributed by atoms with Crippen molar-refractivity contribution in [1.29, 1.82) is 0 Å². The topological polar surface area (TPSA) is 35.7 Å². The summed E-state index contributed by atoms with van der Waals surface area (Å²) in [5.74, 6) is 0. The maximum atomic E-state index is 5.93. The fourth-order valence-corrected chi connectivity index (χ4v) is 3.44. The van der Waals surface area contributed by atoms with Crippen molar-refractivity contribution in [3.63, 3.8) is 0 Å². The molecule has 2 aliphatic heterocycles. The van der Waals surface area contributed by atoms with Crippen molar-refractivity contribution >= 4 is 17.1 Å². The Bertz CT molecular complexity index is 473. The van der Waals surface area contributed by atoms with E-state index in [4.69, 9.17) is 5.73 Å². The molecule has 4 heteroatoms. The van der Waals surface area contributed by atoms with Crippen molar-refractivity contribution in [2.45, 2.75) is 32.0 Å². The second-order valence-corrected chi connectivity index (χ2v) is 5.72. The fourth-order valence-electron chi connectivity index (χ4n) is 3.44. The van der Waals surface area contributed by atoms with Gasteiger partial charge < -0.3 is 20.4 Å². The fraction of sp³-hybridized carbons (Fsp3) is 0.600. The Morgan fingerprint density at radius 3 is 2.68 bits per heavy atom. The highest BCUT2D eigenvalue weighted by molar-refractivity contribution is 5.88. The van der Waals surface area contributed by atoms with Gasteiger partial charge in [-0.05, 0) is 31.9 Å². The average Bonchev–Trinajstić information content (AvgIpc) is 2.99. The molecule has 1 saturated heterocycles. The Balaban J connectivity index is 2.05. The number of nitrogens with zero attached hydrogens (tertiary/aromatic N) is 3. The molecule has 0 bridgehead atoms. The molecular weight excluding hydrogens is 236 g/mol. The minimum atomic E-state index is 0.412. The molecule has 4 nitrogen and oxygen atoms in total. The maximum absolute atomic E-state index is 5.93. The number of hydrogen-bond acceptors (Lipinski definition) is 4. The lowest BCUT2D eigenvalue weighted by Gasteiger charge is -2.30. The van der Waals surface area contributed by atoms with Crippen LogP contribution in [0, 0.1) is 0 Å². The van der Waals surface area contributed by atoms with Crippen LogP contribution >= 0.6 is 0 Å². The normalized spacial score (nSPS) is 26.2. The van der Waals surface area contributed by atoms with Gasteiger partial charge in [0.2, 0.25) is 0 Å². The molecule has 0 aromatic heterocycles. The van der Waals surface area contributed by atoms with Crippen LogP contribution in [-0.2, 0) is 0 Å². The molecule has 2 N–H and O–H groups in total. The zero-order chi connectivity index (χ0) is 13.6. The van der Waals surface area contributed by atoms with Gasteiger partial charge in [-0.1, -0.05) is 6.07 Å². The highest BCUT2D eigenvalue weighted by atomic mass is 15.4. The van der Waals surface area contributed by atoms with E-state index in [0.717, 1.165) is 13.1 Å². The smallest absolute Gasteiger partial charge is 0.0983 e. The number of para-hydroxylation sites is 1. The number of benzene rings is 1. The van der Waals surface area contributed by atoms with Crippen LogP contribution in [0.1, 0.15) is 19.8 Å². The highest BCUT2D eigenvalue weighted by Gasteiger charge is 2.33. The van der Waals surface area contributed by atoms with Crippen molar-refractivity contribution in [1.82, 2.24) is 0 Å². The Morgan fingerprint density at radius 1 is 1.21 bits per heavy atom. The Morgan fingerprint density at radius 2 is 1.95 bits per heavy atom. The van der Waals surface area contributed by atoms with E-state index in [2.05, 4.69) is 53.9 Å². The molecule has 2 atom stereocenters. The summed E-state index contributed by atoms with van der Waals surface area (Å²) in [6.45, 7) is 4.12. The minimum Gasteiger partial charge on any atom is -0.366 e. The van der Waals surface area contributed by atoms with E-state index >= 15 is 0 Å². The van der Waals surface area contributed by atoms with Crippen molar-refractivity contribution in [3.8, 4) is 0 Å². The number of hydrogen-bond donors (Lipinski definition) is 1. The van der Waals surface area contributed by atoms with Gasteiger partial charge in [0, 0.05) is 33.2 Å². The van der Waals surface area contributed by atoms with Crippen LogP contribution in [0.25, 0.3) is 0 Å². The first-order valence-corrected chi connectivity index (χ1v) is 7.20. The van der Waals surface area contributed by atoms with Crippen LogP contribution in [0.2, 0.25) is 0 Å². The van der Waals surface area contributed by atoms with Gasteiger partial charge in [0.15, 0.2) is 0 Å². The average molecular weight is 260 g/mol. The summed E-state index contributed by atoms with van der Waals surface area (Å²) in [6, 6.07) is 7.13. The molecule has 0 saturated carbocycles. The van der Waals surface area contributed by atoms with E-state index in [1.54, 1.807) is 0 Å². The number of fused-ring (bicyclic) bond motifs is 1. The number of anilines is 3. The van der Waals surface area contributed by atoms with Crippen molar-refractivity contribution in [2.75, 3.05) is 41.9 Å². The van der Waals surface area contributed by atoms with Gasteiger partial charge >= 0.3 is 0 Å². The standard InChI is InChI=1S/C15H24N4/c1-11-17(2)13-7-4-8-14(15(13)18(11)3)19-9-5-6-12(19)10-16/h4,7-8,11-12H,5-6,9-10,16H2,1-3H3. The molecule has 2 unspecified atom stereocenters. The van der Waals surface area contributed by atoms with Crippen LogP contribution in [0.15, 0.2) is 18.2 Å². The lowest BCUT2D eigenvalue weighted by molar-refractivity contribution is 0.674. The third-order valence-corrected chi connectivity index (χ3v) is 4.81. The molecule has 3 rings (SSSR count). The van der Waals surface area contributed by atoms with Gasteiger partial charge in [-0.15, -0.1) is 0 Å². The molecule has 0 aliphatic carbocycles. The monoisotopic (exact) mass is 260 g/mol. The Labute approximate surface area is 115 Å². The molecule has 0 spiro atoms. The number of rotatable bonds is 2. The summed E-state index contributed by atoms with van der Waals surface area (Å²) in [6.07, 6.45) is 2.88. The minimum absolute atomic E-state index is 0.412. The van der Waals surface area contributed by atoms with Crippen LogP contribution < -0.4 is 20.4 Å². The SMILES string of the molecule is CC1N(C)c2cccc(N3CCCC3CN)c2N1C. The Kier molecular flexibility index (Phi) is 3.05. The van der Waals surface area contributed by atoms with Gasteiger partial charge in [-0.3, -0.25) is 0 Å². The molecule has 2 heterocycles. The third-order valence-electron chi connectivity index (χ3n) is 4.81. The van der Waals surface area contributed by atoms with Gasteiger partial charge in [0.1, 0.15) is 0 Å². The lowest BCUT2D eigenvalue weighted by Crippen LogP contribution is -2.38. The predicted molar refractivity (Wildman–Crippen MR) is 82.1 cm³/mol. The first-order chi connectivity index (χ1) is 9.15. The molecule has 1 fully saturated rings. The van der Waals surface area contributed by atoms with E-state index in [-0.39, 0.29) is 0 Å². The summed E-state index contributed by atoms with van der Waals surface area (Å²) in [7, 11) is 4.35. The molecule has 19 heavy (non-hydrogen) atoms. The van der Waals surface area contributed by atoms with E-state index in [1.165, 1.54) is 29.9 Å². The van der Waals surface area contributed by atoms with E-state index in [1.807, 2.05) is 0 Å². The zero-order valence-electron chi connectivity index (χ0n) is 12.1. The van der Waals surface area contributed by atoms with E-state index in [9.17, 15) is 0 Å². The predicted octanol–water partition coefficient (Wildman–Crippen LogP) is 1.85. The highest BCUT2D eigenvalue weighted by Crippen LogP contribution is 2.45. The quantitative estimate of drug-likeness (QED) is 0.880. The summed E-state index contributed by atoms with van der Waals surface area (Å²) in [5.41, 5.74) is 9.97. The Hall–Kier alpha value is -1.42. The summed E-state index contributed by atoms with van der Waals surface area (Å²) >= 11 is 0. The molecule has 1 aromatic carbocycles.